The standard InChI is InChI=1S/C22H17N3O/c26-21-22(11-12-22)25-20(24-21)18-9-7-16(8-10-18)15-3-5-17(6-4-15)19-2-1-13-23-14-19/h1-10,13-14H,11-12H2,(H,24,25,26). The molecule has 1 saturated carbocycles. The van der Waals surface area contributed by atoms with E-state index in [1.807, 2.05) is 24.4 Å². The maximum Gasteiger partial charge on any atom is 0.253 e. The zero-order valence-electron chi connectivity index (χ0n) is 14.1. The van der Waals surface area contributed by atoms with Crippen LogP contribution in [0.15, 0.2) is 78.0 Å². The minimum absolute atomic E-state index is 0.0440. The summed E-state index contributed by atoms with van der Waals surface area (Å²) in [6.07, 6.45) is 5.38. The number of aromatic nitrogens is 1. The molecule has 5 rings (SSSR count). The molecule has 2 aliphatic rings. The summed E-state index contributed by atoms with van der Waals surface area (Å²) in [6.45, 7) is 0. The number of rotatable bonds is 3. The normalized spacial score (nSPS) is 17.1. The highest BCUT2D eigenvalue weighted by Crippen LogP contribution is 2.42. The van der Waals surface area contributed by atoms with Gasteiger partial charge in [0.1, 0.15) is 11.4 Å². The first-order chi connectivity index (χ1) is 12.7. The molecule has 1 aliphatic carbocycles. The van der Waals surface area contributed by atoms with E-state index in [4.69, 9.17) is 0 Å². The smallest absolute Gasteiger partial charge is 0.253 e. The number of aliphatic imine (C=N–C) groups is 1. The Balaban J connectivity index is 1.39. The molecule has 0 atom stereocenters. The van der Waals surface area contributed by atoms with Crippen molar-refractivity contribution in [2.75, 3.05) is 0 Å². The van der Waals surface area contributed by atoms with E-state index in [9.17, 15) is 4.79 Å². The van der Waals surface area contributed by atoms with Crippen molar-refractivity contribution in [3.63, 3.8) is 0 Å². The van der Waals surface area contributed by atoms with Crippen LogP contribution < -0.4 is 5.32 Å². The molecule has 3 aromatic rings. The first-order valence-electron chi connectivity index (χ1n) is 8.76. The third kappa shape index (κ3) is 2.51. The van der Waals surface area contributed by atoms with Crippen molar-refractivity contribution in [3.8, 4) is 22.3 Å². The second kappa shape index (κ2) is 5.63. The largest absolute Gasteiger partial charge is 0.308 e. The quantitative estimate of drug-likeness (QED) is 0.788. The zero-order chi connectivity index (χ0) is 17.6. The fourth-order valence-electron chi connectivity index (χ4n) is 3.32. The van der Waals surface area contributed by atoms with Gasteiger partial charge in [0.05, 0.1) is 0 Å². The molecule has 1 aromatic heterocycles. The Kier molecular flexibility index (Phi) is 3.25. The van der Waals surface area contributed by atoms with E-state index >= 15 is 0 Å². The Labute approximate surface area is 151 Å². The van der Waals surface area contributed by atoms with Gasteiger partial charge in [-0.3, -0.25) is 14.8 Å². The zero-order valence-corrected chi connectivity index (χ0v) is 14.1. The third-order valence-electron chi connectivity index (χ3n) is 5.08. The fraction of sp³-hybridized carbons (Fsp3) is 0.136. The lowest BCUT2D eigenvalue weighted by molar-refractivity contribution is -0.120. The Bertz CT molecular complexity index is 1000. The molecular formula is C22H17N3O. The molecule has 126 valence electrons. The summed E-state index contributed by atoms with van der Waals surface area (Å²) in [5.41, 5.74) is 5.06. The van der Waals surface area contributed by atoms with Gasteiger partial charge in [-0.05, 0) is 41.2 Å². The van der Waals surface area contributed by atoms with Gasteiger partial charge in [0.15, 0.2) is 0 Å². The number of nitrogens with zero attached hydrogens (tertiary/aromatic N) is 2. The summed E-state index contributed by atoms with van der Waals surface area (Å²) < 4.78 is 0. The number of pyridine rings is 1. The van der Waals surface area contributed by atoms with Crippen molar-refractivity contribution >= 4 is 11.7 Å². The Morgan fingerprint density at radius 2 is 1.35 bits per heavy atom. The molecule has 2 heterocycles. The summed E-state index contributed by atoms with van der Waals surface area (Å²) in [5, 5.41) is 2.91. The lowest BCUT2D eigenvalue weighted by Crippen LogP contribution is -2.30. The van der Waals surface area contributed by atoms with Crippen molar-refractivity contribution in [2.24, 2.45) is 4.99 Å². The van der Waals surface area contributed by atoms with Crippen LogP contribution in [0.25, 0.3) is 22.3 Å². The van der Waals surface area contributed by atoms with Gasteiger partial charge in [-0.2, -0.15) is 0 Å². The van der Waals surface area contributed by atoms with Gasteiger partial charge in [0.2, 0.25) is 0 Å². The average Bonchev–Trinajstić information content (AvgIpc) is 3.42. The lowest BCUT2D eigenvalue weighted by atomic mass is 10.0. The number of carbonyl (C=O) groups excluding carboxylic acids is 1. The van der Waals surface area contributed by atoms with Gasteiger partial charge >= 0.3 is 0 Å². The van der Waals surface area contributed by atoms with Crippen LogP contribution in [-0.4, -0.2) is 22.3 Å². The predicted octanol–water partition coefficient (Wildman–Crippen LogP) is 3.82. The highest BCUT2D eigenvalue weighted by atomic mass is 16.2. The molecule has 2 aromatic carbocycles. The minimum Gasteiger partial charge on any atom is -0.308 e. The monoisotopic (exact) mass is 339 g/mol. The fourth-order valence-corrected chi connectivity index (χ4v) is 3.32. The van der Waals surface area contributed by atoms with E-state index in [0.717, 1.165) is 40.7 Å². The van der Waals surface area contributed by atoms with E-state index in [-0.39, 0.29) is 5.91 Å². The van der Waals surface area contributed by atoms with E-state index in [1.54, 1.807) is 6.20 Å². The van der Waals surface area contributed by atoms with Crippen LogP contribution in [0.2, 0.25) is 0 Å². The number of benzene rings is 2. The number of amidine groups is 1. The highest BCUT2D eigenvalue weighted by Gasteiger charge is 2.54. The average molecular weight is 339 g/mol. The van der Waals surface area contributed by atoms with Crippen LogP contribution in [0.4, 0.5) is 0 Å². The predicted molar refractivity (Wildman–Crippen MR) is 102 cm³/mol. The summed E-state index contributed by atoms with van der Waals surface area (Å²) >= 11 is 0. The van der Waals surface area contributed by atoms with Crippen LogP contribution in [0.1, 0.15) is 18.4 Å². The molecule has 4 heteroatoms. The Morgan fingerprint density at radius 3 is 1.85 bits per heavy atom. The second-order valence-corrected chi connectivity index (χ2v) is 6.84. The van der Waals surface area contributed by atoms with Crippen molar-refractivity contribution in [2.45, 2.75) is 18.4 Å². The number of hydrogen-bond donors (Lipinski definition) is 1. The lowest BCUT2D eigenvalue weighted by Gasteiger charge is -2.06. The molecule has 4 nitrogen and oxygen atoms in total. The number of hydrogen-bond acceptors (Lipinski definition) is 3. The number of carbonyl (C=O) groups is 1. The SMILES string of the molecule is O=C1NC(c2ccc(-c3ccc(-c4cccnc4)cc3)cc2)=NC12CC2. The molecule has 0 unspecified atom stereocenters. The van der Waals surface area contributed by atoms with Crippen molar-refractivity contribution < 1.29 is 4.79 Å². The van der Waals surface area contributed by atoms with Gasteiger partial charge < -0.3 is 5.32 Å². The molecule has 1 spiro atoms. The topological polar surface area (TPSA) is 54.4 Å². The highest BCUT2D eigenvalue weighted by molar-refractivity contribution is 6.16. The first kappa shape index (κ1) is 15.0. The van der Waals surface area contributed by atoms with Crippen LogP contribution in [0.3, 0.4) is 0 Å². The van der Waals surface area contributed by atoms with Crippen LogP contribution in [0.5, 0.6) is 0 Å². The van der Waals surface area contributed by atoms with Gasteiger partial charge in [0, 0.05) is 18.0 Å². The van der Waals surface area contributed by atoms with Crippen molar-refractivity contribution in [1.29, 1.82) is 0 Å². The van der Waals surface area contributed by atoms with Crippen LogP contribution in [-0.2, 0) is 4.79 Å². The van der Waals surface area contributed by atoms with E-state index in [0.29, 0.717) is 5.84 Å². The summed E-state index contributed by atoms with van der Waals surface area (Å²) in [7, 11) is 0. The van der Waals surface area contributed by atoms with Crippen molar-refractivity contribution in [1.82, 2.24) is 10.3 Å². The third-order valence-corrected chi connectivity index (χ3v) is 5.08. The maximum atomic E-state index is 11.9. The minimum atomic E-state index is -0.448. The number of nitrogens with one attached hydrogen (secondary N) is 1. The van der Waals surface area contributed by atoms with E-state index < -0.39 is 5.54 Å². The summed E-state index contributed by atoms with van der Waals surface area (Å²) in [5.74, 6) is 0.744. The second-order valence-electron chi connectivity index (χ2n) is 6.84. The molecule has 1 fully saturated rings. The molecule has 0 bridgehead atoms. The molecular weight excluding hydrogens is 322 g/mol. The van der Waals surface area contributed by atoms with E-state index in [2.05, 4.69) is 57.8 Å². The molecule has 1 N–H and O–H groups in total. The molecule has 1 amide bonds. The van der Waals surface area contributed by atoms with Gasteiger partial charge in [0.25, 0.3) is 5.91 Å². The molecule has 0 saturated heterocycles. The first-order valence-corrected chi connectivity index (χ1v) is 8.76. The maximum absolute atomic E-state index is 11.9. The Hall–Kier alpha value is -3.27. The summed E-state index contributed by atoms with van der Waals surface area (Å²) in [4.78, 5) is 20.7. The van der Waals surface area contributed by atoms with Crippen LogP contribution >= 0.6 is 0 Å². The van der Waals surface area contributed by atoms with Gasteiger partial charge in [-0.1, -0.05) is 54.6 Å². The molecule has 26 heavy (non-hydrogen) atoms. The molecule has 1 aliphatic heterocycles. The Morgan fingerprint density at radius 1 is 0.769 bits per heavy atom. The van der Waals surface area contributed by atoms with Crippen molar-refractivity contribution in [3.05, 3.63) is 78.6 Å². The van der Waals surface area contributed by atoms with Gasteiger partial charge in [-0.25, -0.2) is 0 Å². The van der Waals surface area contributed by atoms with Gasteiger partial charge in [-0.15, -0.1) is 0 Å². The van der Waals surface area contributed by atoms with E-state index in [1.165, 1.54) is 0 Å². The molecule has 0 radical (unpaired) electrons. The van der Waals surface area contributed by atoms with Crippen LogP contribution in [0, 0.1) is 0 Å². The summed E-state index contributed by atoms with van der Waals surface area (Å²) in [6, 6.07) is 20.6. The number of amides is 1.